The molecule has 1 rings (SSSR count). The first-order chi connectivity index (χ1) is 6.17. The fourth-order valence-electron chi connectivity index (χ4n) is 2.34. The minimum Gasteiger partial charge on any atom is -0.323 e. The van der Waals surface area contributed by atoms with Crippen molar-refractivity contribution < 1.29 is 0 Å². The minimum atomic E-state index is 0.273. The Morgan fingerprint density at radius 3 is 2.00 bits per heavy atom. The molecule has 1 fully saturated rings. The van der Waals surface area contributed by atoms with Gasteiger partial charge in [0.25, 0.3) is 0 Å². The van der Waals surface area contributed by atoms with E-state index in [1.807, 2.05) is 0 Å². The van der Waals surface area contributed by atoms with E-state index < -0.39 is 0 Å². The van der Waals surface area contributed by atoms with Crippen LogP contribution in [0.2, 0.25) is 0 Å². The number of piperidine rings is 1. The lowest BCUT2D eigenvalue weighted by molar-refractivity contribution is -0.0749. The lowest BCUT2D eigenvalue weighted by Crippen LogP contribution is -2.64. The molecule has 0 aromatic heterocycles. The van der Waals surface area contributed by atoms with Crippen molar-refractivity contribution in [1.82, 2.24) is 4.57 Å². The molecule has 0 N–H and O–H groups in total. The predicted molar refractivity (Wildman–Crippen MR) is 64.5 cm³/mol. The molecular formula is C11H22NSi2. The summed E-state index contributed by atoms with van der Waals surface area (Å²) in [6.07, 6.45) is 1.29. The zero-order valence-corrected chi connectivity index (χ0v) is 12.4. The van der Waals surface area contributed by atoms with Crippen molar-refractivity contribution in [2.75, 3.05) is 6.54 Å². The molecule has 0 aromatic carbocycles. The van der Waals surface area contributed by atoms with E-state index in [2.05, 4.69) is 55.9 Å². The number of nitrogens with zero attached hydrogens (tertiary/aromatic N) is 1. The Kier molecular flexibility index (Phi) is 3.08. The van der Waals surface area contributed by atoms with Gasteiger partial charge < -0.3 is 4.57 Å². The highest BCUT2D eigenvalue weighted by Gasteiger charge is 2.53. The molecule has 1 heterocycles. The van der Waals surface area contributed by atoms with Crippen LogP contribution in [0.15, 0.2) is 0 Å². The maximum absolute atomic E-state index is 3.68. The molecule has 5 radical (unpaired) electrons. The Hall–Kier alpha value is 0.394. The molecule has 0 bridgehead atoms. The van der Waals surface area contributed by atoms with Crippen molar-refractivity contribution in [2.24, 2.45) is 10.8 Å². The fourth-order valence-corrected chi connectivity index (χ4v) is 4.30. The monoisotopic (exact) mass is 224 g/mol. The molecule has 3 heteroatoms. The molecule has 14 heavy (non-hydrogen) atoms. The largest absolute Gasteiger partial charge is 0.323 e. The smallest absolute Gasteiger partial charge is 0.117 e. The van der Waals surface area contributed by atoms with E-state index in [0.29, 0.717) is 10.8 Å². The first-order valence-electron chi connectivity index (χ1n) is 5.37. The van der Waals surface area contributed by atoms with Gasteiger partial charge in [0.2, 0.25) is 0 Å². The molecule has 0 unspecified atom stereocenters. The Labute approximate surface area is 94.8 Å². The summed E-state index contributed by atoms with van der Waals surface area (Å²) in [6, 6.07) is 0. The lowest BCUT2D eigenvalue weighted by atomic mass is 9.55. The molecule has 0 saturated carbocycles. The highest BCUT2D eigenvalue weighted by atomic mass is 29.1. The number of hydrogen-bond acceptors (Lipinski definition) is 1. The topological polar surface area (TPSA) is 3.24 Å². The zero-order valence-electron chi connectivity index (χ0n) is 10.4. The van der Waals surface area contributed by atoms with Crippen LogP contribution in [-0.4, -0.2) is 35.6 Å². The van der Waals surface area contributed by atoms with Crippen LogP contribution in [0.4, 0.5) is 0 Å². The van der Waals surface area contributed by atoms with Crippen LogP contribution in [0.1, 0.15) is 48.0 Å². The SMILES string of the molecule is CC1(C)CCN([Si][Si])C(C)(C)C1(C)C. The molecule has 0 spiro atoms. The van der Waals surface area contributed by atoms with E-state index in [0.717, 1.165) is 9.20 Å². The van der Waals surface area contributed by atoms with Gasteiger partial charge in [-0.3, -0.25) is 0 Å². The van der Waals surface area contributed by atoms with Gasteiger partial charge in [0.1, 0.15) is 9.20 Å². The third kappa shape index (κ3) is 1.53. The van der Waals surface area contributed by atoms with E-state index in [9.17, 15) is 0 Å². The molecule has 0 aliphatic carbocycles. The maximum atomic E-state index is 3.68. The van der Waals surface area contributed by atoms with Gasteiger partial charge in [0.05, 0.1) is 0 Å². The summed E-state index contributed by atoms with van der Waals surface area (Å²) in [5.74, 6) is 0. The van der Waals surface area contributed by atoms with Crippen LogP contribution in [0, 0.1) is 10.8 Å². The summed E-state index contributed by atoms with van der Waals surface area (Å²) >= 11 is 0. The highest BCUT2D eigenvalue weighted by Crippen LogP contribution is 2.53. The molecule has 79 valence electrons. The van der Waals surface area contributed by atoms with Crippen molar-refractivity contribution in [3.8, 4) is 0 Å². The van der Waals surface area contributed by atoms with Crippen LogP contribution >= 0.6 is 0 Å². The molecule has 1 aliphatic heterocycles. The maximum Gasteiger partial charge on any atom is 0.117 e. The van der Waals surface area contributed by atoms with E-state index in [4.69, 9.17) is 0 Å². The number of hydrogen-bond donors (Lipinski definition) is 0. The number of rotatable bonds is 1. The summed E-state index contributed by atoms with van der Waals surface area (Å²) in [5.41, 5.74) is 1.05. The van der Waals surface area contributed by atoms with Gasteiger partial charge in [-0.15, -0.1) is 0 Å². The lowest BCUT2D eigenvalue weighted by Gasteiger charge is -2.61. The minimum absolute atomic E-state index is 0.273. The quantitative estimate of drug-likeness (QED) is 0.618. The van der Waals surface area contributed by atoms with Crippen molar-refractivity contribution in [3.05, 3.63) is 0 Å². The van der Waals surface area contributed by atoms with E-state index in [1.165, 1.54) is 13.0 Å². The van der Waals surface area contributed by atoms with Crippen molar-refractivity contribution in [1.29, 1.82) is 0 Å². The fraction of sp³-hybridized carbons (Fsp3) is 1.00. The molecule has 1 nitrogen and oxygen atoms in total. The first kappa shape index (κ1) is 12.5. The predicted octanol–water partition coefficient (Wildman–Crippen LogP) is 2.23. The summed E-state index contributed by atoms with van der Waals surface area (Å²) in [5, 5.41) is 0. The molecule has 1 aliphatic rings. The van der Waals surface area contributed by atoms with Crippen LogP contribution < -0.4 is 0 Å². The standard InChI is InChI=1S/C11H22NSi2/c1-9(2)7-8-12(14-13)11(5,6)10(9,3)4/h7-8H2,1-6H3. The average molecular weight is 224 g/mol. The Morgan fingerprint density at radius 1 is 1.07 bits per heavy atom. The molecule has 0 amide bonds. The van der Waals surface area contributed by atoms with Gasteiger partial charge in [-0.25, -0.2) is 0 Å². The first-order valence-corrected chi connectivity index (χ1v) is 7.81. The molecule has 0 aromatic rings. The van der Waals surface area contributed by atoms with Crippen LogP contribution in [0.25, 0.3) is 0 Å². The van der Waals surface area contributed by atoms with Crippen molar-refractivity contribution >= 4 is 19.0 Å². The average Bonchev–Trinajstić information content (AvgIpc) is 2.02. The second-order valence-electron chi connectivity index (χ2n) is 6.08. The summed E-state index contributed by atoms with van der Waals surface area (Å²) < 4.78 is 2.56. The summed E-state index contributed by atoms with van der Waals surface area (Å²) in [7, 11) is 4.42. The van der Waals surface area contributed by atoms with Crippen molar-refractivity contribution in [3.63, 3.8) is 0 Å². The third-order valence-electron chi connectivity index (χ3n) is 4.99. The molecule has 0 atom stereocenters. The van der Waals surface area contributed by atoms with Crippen LogP contribution in [0.5, 0.6) is 0 Å². The Morgan fingerprint density at radius 2 is 1.57 bits per heavy atom. The highest BCUT2D eigenvalue weighted by molar-refractivity contribution is 6.87. The second kappa shape index (κ2) is 3.46. The molecule has 1 saturated heterocycles. The van der Waals surface area contributed by atoms with Crippen LogP contribution in [-0.2, 0) is 0 Å². The van der Waals surface area contributed by atoms with Crippen molar-refractivity contribution in [2.45, 2.75) is 53.5 Å². The van der Waals surface area contributed by atoms with E-state index in [-0.39, 0.29) is 5.54 Å². The molecular weight excluding hydrogens is 202 g/mol. The Bertz CT molecular complexity index is 221. The van der Waals surface area contributed by atoms with Gasteiger partial charge in [0, 0.05) is 15.3 Å². The van der Waals surface area contributed by atoms with Gasteiger partial charge >= 0.3 is 0 Å². The van der Waals surface area contributed by atoms with Gasteiger partial charge in [0.15, 0.2) is 0 Å². The van der Waals surface area contributed by atoms with E-state index in [1.54, 1.807) is 0 Å². The van der Waals surface area contributed by atoms with Crippen LogP contribution in [0.3, 0.4) is 0 Å². The van der Waals surface area contributed by atoms with E-state index >= 15 is 0 Å². The Balaban J connectivity index is 3.06. The summed E-state index contributed by atoms with van der Waals surface area (Å²) in [4.78, 5) is 0. The normalized spacial score (nSPS) is 30.2. The zero-order chi connectivity index (χ0) is 11.2. The second-order valence-corrected chi connectivity index (χ2v) is 7.52. The van der Waals surface area contributed by atoms with Gasteiger partial charge in [-0.05, 0) is 37.6 Å². The third-order valence-corrected chi connectivity index (χ3v) is 6.85. The van der Waals surface area contributed by atoms with Gasteiger partial charge in [-0.2, -0.15) is 0 Å². The summed E-state index contributed by atoms with van der Waals surface area (Å²) in [6.45, 7) is 15.6. The van der Waals surface area contributed by atoms with Gasteiger partial charge in [-0.1, -0.05) is 27.7 Å².